The van der Waals surface area contributed by atoms with Crippen molar-refractivity contribution in [3.63, 3.8) is 0 Å². The molecule has 1 amide bonds. The number of hydrogen-bond acceptors (Lipinski definition) is 3. The lowest BCUT2D eigenvalue weighted by Crippen LogP contribution is -2.38. The van der Waals surface area contributed by atoms with Gasteiger partial charge in [0.1, 0.15) is 12.4 Å². The van der Waals surface area contributed by atoms with Crippen LogP contribution in [0.25, 0.3) is 0 Å². The molecule has 5 nitrogen and oxygen atoms in total. The van der Waals surface area contributed by atoms with Gasteiger partial charge in [-0.05, 0) is 55.0 Å². The van der Waals surface area contributed by atoms with Crippen LogP contribution < -0.4 is 9.62 Å². The molecule has 0 radical (unpaired) electrons. The summed E-state index contributed by atoms with van der Waals surface area (Å²) in [6, 6.07) is 18.3. The molecule has 0 saturated carbocycles. The zero-order valence-corrected chi connectivity index (χ0v) is 17.0. The van der Waals surface area contributed by atoms with E-state index in [1.165, 1.54) is 24.3 Å². The minimum Gasteiger partial charge on any atom is -0.325 e. The number of nitrogens with zero attached hydrogens (tertiary/aromatic N) is 1. The molecule has 0 spiro atoms. The number of rotatable bonds is 6. The Morgan fingerprint density at radius 3 is 2.41 bits per heavy atom. The fraction of sp³-hybridized carbons (Fsp3) is 0.0952. The maximum absolute atomic E-state index is 13.6. The number of anilines is 2. The van der Waals surface area contributed by atoms with Gasteiger partial charge in [-0.3, -0.25) is 9.10 Å². The fourth-order valence-electron chi connectivity index (χ4n) is 2.73. The zero-order chi connectivity index (χ0) is 21.0. The number of nitrogens with one attached hydrogen (secondary N) is 1. The summed E-state index contributed by atoms with van der Waals surface area (Å²) in [7, 11) is -4.09. The van der Waals surface area contributed by atoms with Crippen molar-refractivity contribution in [3.05, 3.63) is 89.2 Å². The van der Waals surface area contributed by atoms with E-state index >= 15 is 0 Å². The van der Waals surface area contributed by atoms with Gasteiger partial charge < -0.3 is 5.32 Å². The van der Waals surface area contributed by atoms with Crippen molar-refractivity contribution in [1.82, 2.24) is 0 Å². The number of halogens is 2. The molecule has 0 saturated heterocycles. The van der Waals surface area contributed by atoms with Gasteiger partial charge in [0.15, 0.2) is 0 Å². The molecule has 0 aliphatic carbocycles. The molecule has 3 rings (SSSR count). The first-order valence-corrected chi connectivity index (χ1v) is 10.5. The van der Waals surface area contributed by atoms with Crippen molar-refractivity contribution in [2.75, 3.05) is 16.2 Å². The van der Waals surface area contributed by atoms with Gasteiger partial charge in [-0.2, -0.15) is 0 Å². The van der Waals surface area contributed by atoms with E-state index in [4.69, 9.17) is 11.6 Å². The molecule has 0 bridgehead atoms. The Morgan fingerprint density at radius 1 is 1.03 bits per heavy atom. The molecular weight excluding hydrogens is 415 g/mol. The zero-order valence-electron chi connectivity index (χ0n) is 15.5. The van der Waals surface area contributed by atoms with Crippen LogP contribution in [0, 0.1) is 12.7 Å². The van der Waals surface area contributed by atoms with Gasteiger partial charge in [-0.25, -0.2) is 12.8 Å². The van der Waals surface area contributed by atoms with Crippen molar-refractivity contribution in [2.45, 2.75) is 11.8 Å². The predicted molar refractivity (Wildman–Crippen MR) is 112 cm³/mol. The van der Waals surface area contributed by atoms with Crippen molar-refractivity contribution < 1.29 is 17.6 Å². The van der Waals surface area contributed by atoms with E-state index in [1.807, 2.05) is 13.0 Å². The molecule has 0 heterocycles. The van der Waals surface area contributed by atoms with Crippen LogP contribution in [0.3, 0.4) is 0 Å². The van der Waals surface area contributed by atoms with E-state index in [0.29, 0.717) is 5.69 Å². The Kier molecular flexibility index (Phi) is 6.20. The third-order valence-electron chi connectivity index (χ3n) is 4.11. The molecular formula is C21H18ClFN2O3S. The Morgan fingerprint density at radius 2 is 1.76 bits per heavy atom. The molecule has 0 fully saturated rings. The number of amides is 1. The standard InChI is InChI=1S/C21H18ClFN2O3S/c1-15-6-5-7-16(12-15)24-21(26)14-25(17-10-11-20(23)19(22)13-17)29(27,28)18-8-3-2-4-9-18/h2-13H,14H2,1H3,(H,24,26). The van der Waals surface area contributed by atoms with Crippen molar-refractivity contribution >= 4 is 38.9 Å². The average Bonchev–Trinajstić information content (AvgIpc) is 2.69. The Labute approximate surface area is 173 Å². The van der Waals surface area contributed by atoms with Crippen LogP contribution in [0.5, 0.6) is 0 Å². The molecule has 0 aliphatic heterocycles. The van der Waals surface area contributed by atoms with Gasteiger partial charge in [-0.15, -0.1) is 0 Å². The highest BCUT2D eigenvalue weighted by Gasteiger charge is 2.27. The van der Waals surface area contributed by atoms with Crippen molar-refractivity contribution in [1.29, 1.82) is 0 Å². The van der Waals surface area contributed by atoms with Gasteiger partial charge in [-0.1, -0.05) is 41.9 Å². The fourth-order valence-corrected chi connectivity index (χ4v) is 4.34. The molecule has 0 aliphatic rings. The molecule has 0 aromatic heterocycles. The van der Waals surface area contributed by atoms with E-state index in [9.17, 15) is 17.6 Å². The second kappa shape index (κ2) is 8.63. The molecule has 0 unspecified atom stereocenters. The summed E-state index contributed by atoms with van der Waals surface area (Å²) in [5, 5.41) is 2.44. The molecule has 1 N–H and O–H groups in total. The van der Waals surface area contributed by atoms with Crippen molar-refractivity contribution in [2.24, 2.45) is 0 Å². The molecule has 3 aromatic rings. The maximum Gasteiger partial charge on any atom is 0.264 e. The monoisotopic (exact) mass is 432 g/mol. The van der Waals surface area contributed by atoms with Crippen LogP contribution in [-0.4, -0.2) is 20.9 Å². The topological polar surface area (TPSA) is 66.5 Å². The highest BCUT2D eigenvalue weighted by Crippen LogP contribution is 2.27. The van der Waals surface area contributed by atoms with Crippen LogP contribution in [0.15, 0.2) is 77.7 Å². The van der Waals surface area contributed by atoms with Gasteiger partial charge in [0.05, 0.1) is 15.6 Å². The minimum atomic E-state index is -4.09. The SMILES string of the molecule is Cc1cccc(NC(=O)CN(c2ccc(F)c(Cl)c2)S(=O)(=O)c2ccccc2)c1. The summed E-state index contributed by atoms with van der Waals surface area (Å²) in [6.07, 6.45) is 0. The molecule has 0 atom stereocenters. The Bertz CT molecular complexity index is 1140. The number of sulfonamides is 1. The maximum atomic E-state index is 13.6. The van der Waals surface area contributed by atoms with Gasteiger partial charge in [0.25, 0.3) is 10.0 Å². The normalized spacial score (nSPS) is 11.1. The van der Waals surface area contributed by atoms with Gasteiger partial charge >= 0.3 is 0 Å². The van der Waals surface area contributed by atoms with E-state index < -0.39 is 28.3 Å². The highest BCUT2D eigenvalue weighted by molar-refractivity contribution is 7.92. The quantitative estimate of drug-likeness (QED) is 0.618. The summed E-state index contributed by atoms with van der Waals surface area (Å²) in [5.74, 6) is -1.23. The predicted octanol–water partition coefficient (Wildman–Crippen LogP) is 4.62. The summed E-state index contributed by atoms with van der Waals surface area (Å²) < 4.78 is 40.9. The number of benzene rings is 3. The van der Waals surface area contributed by atoms with Crippen LogP contribution in [0.1, 0.15) is 5.56 Å². The number of carbonyl (C=O) groups excluding carboxylic acids is 1. The molecule has 29 heavy (non-hydrogen) atoms. The summed E-state index contributed by atoms with van der Waals surface area (Å²) in [4.78, 5) is 12.6. The lowest BCUT2D eigenvalue weighted by molar-refractivity contribution is -0.114. The Balaban J connectivity index is 1.96. The first kappa shape index (κ1) is 20.8. The lowest BCUT2D eigenvalue weighted by Gasteiger charge is -2.24. The smallest absolute Gasteiger partial charge is 0.264 e. The summed E-state index contributed by atoms with van der Waals surface area (Å²) in [5.41, 5.74) is 1.57. The molecule has 8 heteroatoms. The van der Waals surface area contributed by atoms with Crippen LogP contribution in [0.2, 0.25) is 5.02 Å². The third-order valence-corrected chi connectivity index (χ3v) is 6.19. The molecule has 3 aromatic carbocycles. The number of carbonyl (C=O) groups is 1. The second-order valence-electron chi connectivity index (χ2n) is 6.34. The average molecular weight is 433 g/mol. The number of aryl methyl sites for hydroxylation is 1. The van der Waals surface area contributed by atoms with E-state index in [-0.39, 0.29) is 15.6 Å². The van der Waals surface area contributed by atoms with Crippen LogP contribution >= 0.6 is 11.6 Å². The summed E-state index contributed by atoms with van der Waals surface area (Å²) >= 11 is 5.84. The van der Waals surface area contributed by atoms with Crippen LogP contribution in [0.4, 0.5) is 15.8 Å². The minimum absolute atomic E-state index is 0.00352. The van der Waals surface area contributed by atoms with Gasteiger partial charge in [0, 0.05) is 5.69 Å². The van der Waals surface area contributed by atoms with Crippen LogP contribution in [-0.2, 0) is 14.8 Å². The third kappa shape index (κ3) is 4.93. The highest BCUT2D eigenvalue weighted by atomic mass is 35.5. The molecule has 150 valence electrons. The number of hydrogen-bond donors (Lipinski definition) is 1. The second-order valence-corrected chi connectivity index (χ2v) is 8.61. The van der Waals surface area contributed by atoms with E-state index in [2.05, 4.69) is 5.32 Å². The van der Waals surface area contributed by atoms with Gasteiger partial charge in [0.2, 0.25) is 5.91 Å². The van der Waals surface area contributed by atoms with E-state index in [1.54, 1.807) is 36.4 Å². The first-order chi connectivity index (χ1) is 13.8. The van der Waals surface area contributed by atoms with Crippen molar-refractivity contribution in [3.8, 4) is 0 Å². The Hall–Kier alpha value is -2.90. The summed E-state index contributed by atoms with van der Waals surface area (Å²) in [6.45, 7) is 1.37. The largest absolute Gasteiger partial charge is 0.325 e. The first-order valence-electron chi connectivity index (χ1n) is 8.67. The van der Waals surface area contributed by atoms with E-state index in [0.717, 1.165) is 15.9 Å². The lowest BCUT2D eigenvalue weighted by atomic mass is 10.2.